The zero-order valence-electron chi connectivity index (χ0n) is 12.1. The Labute approximate surface area is 125 Å². The molecule has 1 aromatic heterocycles. The molecule has 0 bridgehead atoms. The van der Waals surface area contributed by atoms with Crippen molar-refractivity contribution >= 4 is 11.3 Å². The van der Waals surface area contributed by atoms with Crippen LogP contribution in [-0.4, -0.2) is 25.6 Å². The number of likely N-dealkylation sites (N-methyl/N-ethyl adjacent to an activating group) is 1. The minimum Gasteiger partial charge on any atom is -0.380 e. The van der Waals surface area contributed by atoms with Gasteiger partial charge in [-0.15, -0.1) is 11.3 Å². The summed E-state index contributed by atoms with van der Waals surface area (Å²) in [6, 6.07) is 13.0. The van der Waals surface area contributed by atoms with Gasteiger partial charge < -0.3 is 10.5 Å². The number of benzene rings is 1. The molecule has 108 valence electrons. The molecule has 0 radical (unpaired) electrons. The Morgan fingerprint density at radius 1 is 1.25 bits per heavy atom. The molecule has 0 saturated heterocycles. The summed E-state index contributed by atoms with van der Waals surface area (Å²) in [5.74, 6) is 0. The standard InChI is InChI=1S/C16H22N2OS/c1-18(11-15-4-3-9-20-15)16(10-17)14-7-5-13(6-8-14)12-19-2/h3-9,16H,10-12,17H2,1-2H3. The van der Waals surface area contributed by atoms with Gasteiger partial charge >= 0.3 is 0 Å². The highest BCUT2D eigenvalue weighted by Gasteiger charge is 2.15. The number of thiophene rings is 1. The number of hydrogen-bond donors (Lipinski definition) is 1. The second kappa shape index (κ2) is 7.55. The maximum Gasteiger partial charge on any atom is 0.0713 e. The molecule has 1 unspecified atom stereocenters. The summed E-state index contributed by atoms with van der Waals surface area (Å²) in [5, 5.41) is 2.11. The summed E-state index contributed by atoms with van der Waals surface area (Å²) in [6.07, 6.45) is 0. The number of nitrogens with zero attached hydrogens (tertiary/aromatic N) is 1. The van der Waals surface area contributed by atoms with Crippen molar-refractivity contribution in [1.82, 2.24) is 4.90 Å². The number of nitrogens with two attached hydrogens (primary N) is 1. The van der Waals surface area contributed by atoms with E-state index in [1.54, 1.807) is 18.4 Å². The van der Waals surface area contributed by atoms with Crippen molar-refractivity contribution < 1.29 is 4.74 Å². The van der Waals surface area contributed by atoms with Crippen molar-refractivity contribution in [3.05, 3.63) is 57.8 Å². The van der Waals surface area contributed by atoms with Crippen LogP contribution in [0.2, 0.25) is 0 Å². The monoisotopic (exact) mass is 290 g/mol. The Morgan fingerprint density at radius 2 is 2.00 bits per heavy atom. The quantitative estimate of drug-likeness (QED) is 0.852. The minimum atomic E-state index is 0.244. The van der Waals surface area contributed by atoms with Crippen LogP contribution in [0.4, 0.5) is 0 Å². The third kappa shape index (κ3) is 3.90. The molecule has 0 fully saturated rings. The van der Waals surface area contributed by atoms with Crippen molar-refractivity contribution in [1.29, 1.82) is 0 Å². The van der Waals surface area contributed by atoms with Crippen LogP contribution in [0.1, 0.15) is 22.0 Å². The molecule has 1 heterocycles. The first-order chi connectivity index (χ1) is 9.74. The van der Waals surface area contributed by atoms with Crippen molar-refractivity contribution in [2.45, 2.75) is 19.2 Å². The van der Waals surface area contributed by atoms with Gasteiger partial charge in [0.2, 0.25) is 0 Å². The van der Waals surface area contributed by atoms with Gasteiger partial charge in [0, 0.05) is 31.1 Å². The SMILES string of the molecule is COCc1ccc(C(CN)N(C)Cc2cccs2)cc1. The van der Waals surface area contributed by atoms with Gasteiger partial charge in [0.25, 0.3) is 0 Å². The molecule has 0 aliphatic heterocycles. The van der Waals surface area contributed by atoms with Crippen LogP contribution in [0.15, 0.2) is 41.8 Å². The third-order valence-corrected chi connectivity index (χ3v) is 4.28. The van der Waals surface area contributed by atoms with Gasteiger partial charge in [0.15, 0.2) is 0 Å². The van der Waals surface area contributed by atoms with Gasteiger partial charge in [-0.1, -0.05) is 30.3 Å². The molecule has 0 saturated carbocycles. The first-order valence-corrected chi connectivity index (χ1v) is 7.63. The van der Waals surface area contributed by atoms with E-state index in [1.165, 1.54) is 16.0 Å². The summed E-state index contributed by atoms with van der Waals surface area (Å²) in [4.78, 5) is 3.67. The van der Waals surface area contributed by atoms with Gasteiger partial charge in [0.1, 0.15) is 0 Å². The van der Waals surface area contributed by atoms with Crippen LogP contribution in [0.3, 0.4) is 0 Å². The number of methoxy groups -OCH3 is 1. The molecule has 20 heavy (non-hydrogen) atoms. The van der Waals surface area contributed by atoms with Gasteiger partial charge in [-0.25, -0.2) is 0 Å². The molecule has 0 spiro atoms. The highest BCUT2D eigenvalue weighted by molar-refractivity contribution is 7.09. The average molecular weight is 290 g/mol. The minimum absolute atomic E-state index is 0.244. The fourth-order valence-corrected chi connectivity index (χ4v) is 3.10. The molecule has 0 aliphatic rings. The zero-order chi connectivity index (χ0) is 14.4. The highest BCUT2D eigenvalue weighted by atomic mass is 32.1. The Morgan fingerprint density at radius 3 is 2.55 bits per heavy atom. The largest absolute Gasteiger partial charge is 0.380 e. The summed E-state index contributed by atoms with van der Waals surface area (Å²) >= 11 is 1.78. The molecule has 0 aliphatic carbocycles. The van der Waals surface area contributed by atoms with Crippen molar-refractivity contribution in [2.24, 2.45) is 5.73 Å². The fourth-order valence-electron chi connectivity index (χ4n) is 2.33. The van der Waals surface area contributed by atoms with E-state index in [-0.39, 0.29) is 6.04 Å². The average Bonchev–Trinajstić information content (AvgIpc) is 2.95. The van der Waals surface area contributed by atoms with Crippen molar-refractivity contribution in [2.75, 3.05) is 20.7 Å². The second-order valence-corrected chi connectivity index (χ2v) is 5.95. The predicted octanol–water partition coefficient (Wildman–Crippen LogP) is 3.03. The molecule has 2 N–H and O–H groups in total. The molecule has 0 amide bonds. The van der Waals surface area contributed by atoms with Crippen LogP contribution in [0, 0.1) is 0 Å². The Bertz CT molecular complexity index is 496. The maximum atomic E-state index is 5.97. The topological polar surface area (TPSA) is 38.5 Å². The molecule has 2 aromatic rings. The third-order valence-electron chi connectivity index (χ3n) is 3.42. The van der Waals surface area contributed by atoms with E-state index in [0.717, 1.165) is 6.54 Å². The number of hydrogen-bond acceptors (Lipinski definition) is 4. The number of ether oxygens (including phenoxy) is 1. The predicted molar refractivity (Wildman–Crippen MR) is 84.7 cm³/mol. The lowest BCUT2D eigenvalue weighted by Gasteiger charge is -2.27. The van der Waals surface area contributed by atoms with Gasteiger partial charge in [-0.05, 0) is 29.6 Å². The molecular formula is C16H22N2OS. The van der Waals surface area contributed by atoms with Crippen LogP contribution >= 0.6 is 11.3 Å². The molecule has 1 aromatic carbocycles. The van der Waals surface area contributed by atoms with E-state index < -0.39 is 0 Å². The van der Waals surface area contributed by atoms with Crippen molar-refractivity contribution in [3.8, 4) is 0 Å². The van der Waals surface area contributed by atoms with E-state index in [2.05, 4.69) is 53.7 Å². The summed E-state index contributed by atoms with van der Waals surface area (Å²) in [6.45, 7) is 2.20. The van der Waals surface area contributed by atoms with Crippen LogP contribution in [0.5, 0.6) is 0 Å². The van der Waals surface area contributed by atoms with Crippen LogP contribution in [-0.2, 0) is 17.9 Å². The van der Waals surface area contributed by atoms with Crippen molar-refractivity contribution in [3.63, 3.8) is 0 Å². The second-order valence-electron chi connectivity index (χ2n) is 4.92. The lowest BCUT2D eigenvalue weighted by molar-refractivity contribution is 0.185. The Balaban J connectivity index is 2.06. The van der Waals surface area contributed by atoms with Gasteiger partial charge in [0.05, 0.1) is 6.61 Å². The summed E-state index contributed by atoms with van der Waals surface area (Å²) in [5.41, 5.74) is 8.41. The normalized spacial score (nSPS) is 12.8. The molecular weight excluding hydrogens is 268 g/mol. The lowest BCUT2D eigenvalue weighted by atomic mass is 10.0. The molecule has 2 rings (SSSR count). The highest BCUT2D eigenvalue weighted by Crippen LogP contribution is 2.22. The first-order valence-electron chi connectivity index (χ1n) is 6.75. The summed E-state index contributed by atoms with van der Waals surface area (Å²) in [7, 11) is 3.84. The Hall–Kier alpha value is -1.20. The van der Waals surface area contributed by atoms with Crippen LogP contribution in [0.25, 0.3) is 0 Å². The maximum absolute atomic E-state index is 5.97. The molecule has 1 atom stereocenters. The van der Waals surface area contributed by atoms with E-state index in [0.29, 0.717) is 13.2 Å². The smallest absolute Gasteiger partial charge is 0.0713 e. The zero-order valence-corrected chi connectivity index (χ0v) is 12.9. The first kappa shape index (κ1) is 15.2. The number of rotatable bonds is 7. The van der Waals surface area contributed by atoms with E-state index in [4.69, 9.17) is 10.5 Å². The summed E-state index contributed by atoms with van der Waals surface area (Å²) < 4.78 is 5.14. The van der Waals surface area contributed by atoms with Crippen LogP contribution < -0.4 is 5.73 Å². The Kier molecular flexibility index (Phi) is 5.73. The van der Waals surface area contributed by atoms with E-state index >= 15 is 0 Å². The lowest BCUT2D eigenvalue weighted by Crippen LogP contribution is -2.29. The van der Waals surface area contributed by atoms with Gasteiger partial charge in [-0.2, -0.15) is 0 Å². The fraction of sp³-hybridized carbons (Fsp3) is 0.375. The van der Waals surface area contributed by atoms with E-state index in [1.807, 2.05) is 0 Å². The molecule has 4 heteroatoms. The van der Waals surface area contributed by atoms with Gasteiger partial charge in [-0.3, -0.25) is 4.90 Å². The molecule has 3 nitrogen and oxygen atoms in total. The van der Waals surface area contributed by atoms with E-state index in [9.17, 15) is 0 Å².